The second kappa shape index (κ2) is 3.67. The third-order valence-electron chi connectivity index (χ3n) is 1.82. The number of alkyl halides is 1. The number of imidazole rings is 1. The highest BCUT2D eigenvalue weighted by molar-refractivity contribution is 7.90. The molecular weight excluding hydrogens is 212 g/mol. The molecule has 13 heavy (non-hydrogen) atoms. The monoisotopic (exact) mass is 222 g/mol. The summed E-state index contributed by atoms with van der Waals surface area (Å²) in [5.74, 6) is 0.752. The lowest BCUT2D eigenvalue weighted by atomic mass is 10.4. The topological polar surface area (TPSA) is 62.8 Å². The van der Waals surface area contributed by atoms with Crippen molar-refractivity contribution in [1.82, 2.24) is 9.97 Å². The van der Waals surface area contributed by atoms with E-state index < -0.39 is 15.1 Å². The fourth-order valence-electron chi connectivity index (χ4n) is 0.854. The summed E-state index contributed by atoms with van der Waals surface area (Å²) in [5.41, 5.74) is 0.729. The quantitative estimate of drug-likeness (QED) is 0.784. The molecule has 0 saturated heterocycles. The lowest BCUT2D eigenvalue weighted by molar-refractivity contribution is 0.589. The Morgan fingerprint density at radius 3 is 2.69 bits per heavy atom. The van der Waals surface area contributed by atoms with Crippen LogP contribution >= 0.6 is 11.6 Å². The molecule has 0 fully saturated rings. The summed E-state index contributed by atoms with van der Waals surface area (Å²) in [6, 6.07) is 0. The number of nitrogens with one attached hydrogen (secondary N) is 1. The predicted molar refractivity (Wildman–Crippen MR) is 51.4 cm³/mol. The number of nitrogens with zero attached hydrogens (tertiary/aromatic N) is 1. The van der Waals surface area contributed by atoms with Gasteiger partial charge in [0, 0.05) is 18.1 Å². The lowest BCUT2D eigenvalue weighted by Crippen LogP contribution is -2.09. The summed E-state index contributed by atoms with van der Waals surface area (Å²) in [4.78, 5) is 6.78. The number of sulfone groups is 1. The molecule has 0 amide bonds. The van der Waals surface area contributed by atoms with Crippen LogP contribution in [0.5, 0.6) is 0 Å². The molecule has 74 valence electrons. The van der Waals surface area contributed by atoms with Crippen LogP contribution in [0.4, 0.5) is 0 Å². The minimum absolute atomic E-state index is 0.309. The molecule has 1 aromatic rings. The van der Waals surface area contributed by atoms with E-state index in [9.17, 15) is 8.42 Å². The normalized spacial score (nSPS) is 14.4. The van der Waals surface area contributed by atoms with Gasteiger partial charge in [-0.2, -0.15) is 0 Å². The minimum Gasteiger partial charge on any atom is -0.344 e. The standard InChI is InChI=1S/C7H11ClN2O2S/c1-5(13(2,11)12)7-9-4-6(3-8)10-7/h4-5H,3H2,1-2H3,(H,9,10). The van der Waals surface area contributed by atoms with Gasteiger partial charge in [0.15, 0.2) is 9.84 Å². The smallest absolute Gasteiger partial charge is 0.157 e. The van der Waals surface area contributed by atoms with Crippen molar-refractivity contribution in [3.63, 3.8) is 0 Å². The first kappa shape index (κ1) is 10.5. The maximum atomic E-state index is 11.1. The Bertz CT molecular complexity index is 385. The van der Waals surface area contributed by atoms with Gasteiger partial charge in [0.1, 0.15) is 11.1 Å². The molecular formula is C7H11ClN2O2S. The fourth-order valence-corrected chi connectivity index (χ4v) is 1.51. The zero-order valence-corrected chi connectivity index (χ0v) is 8.98. The Morgan fingerprint density at radius 1 is 1.69 bits per heavy atom. The van der Waals surface area contributed by atoms with Crippen LogP contribution in [0.3, 0.4) is 0 Å². The number of H-pyrrole nitrogens is 1. The van der Waals surface area contributed by atoms with Crippen LogP contribution in [0.2, 0.25) is 0 Å². The molecule has 0 radical (unpaired) electrons. The Labute approximate surface area is 82.2 Å². The number of rotatable bonds is 3. The molecule has 0 spiro atoms. The first-order chi connectivity index (χ1) is 5.95. The first-order valence-electron chi connectivity index (χ1n) is 3.73. The predicted octanol–water partition coefficient (Wildman–Crippen LogP) is 1.25. The molecule has 1 unspecified atom stereocenters. The number of halogens is 1. The molecule has 0 aliphatic rings. The number of hydrogen-bond donors (Lipinski definition) is 1. The van der Waals surface area contributed by atoms with E-state index in [2.05, 4.69) is 9.97 Å². The van der Waals surface area contributed by atoms with E-state index in [1.54, 1.807) is 13.1 Å². The van der Waals surface area contributed by atoms with Gasteiger partial charge in [0.25, 0.3) is 0 Å². The van der Waals surface area contributed by atoms with Crippen molar-refractivity contribution in [2.75, 3.05) is 6.26 Å². The molecule has 0 saturated carbocycles. The van der Waals surface area contributed by atoms with E-state index in [4.69, 9.17) is 11.6 Å². The maximum absolute atomic E-state index is 11.1. The number of hydrogen-bond acceptors (Lipinski definition) is 3. The molecule has 4 nitrogen and oxygen atoms in total. The Balaban J connectivity index is 2.96. The van der Waals surface area contributed by atoms with Crippen LogP contribution < -0.4 is 0 Å². The lowest BCUT2D eigenvalue weighted by Gasteiger charge is -2.04. The highest BCUT2D eigenvalue weighted by Gasteiger charge is 2.19. The molecule has 1 rings (SSSR count). The Hall–Kier alpha value is -0.550. The summed E-state index contributed by atoms with van der Waals surface area (Å²) >= 11 is 5.54. The fraction of sp³-hybridized carbons (Fsp3) is 0.571. The second-order valence-electron chi connectivity index (χ2n) is 2.90. The van der Waals surface area contributed by atoms with Crippen molar-refractivity contribution in [2.24, 2.45) is 0 Å². The summed E-state index contributed by atoms with van der Waals surface area (Å²) in [6.07, 6.45) is 2.73. The Morgan fingerprint density at radius 2 is 2.31 bits per heavy atom. The third kappa shape index (κ3) is 2.45. The molecule has 1 heterocycles. The van der Waals surface area contributed by atoms with Crippen molar-refractivity contribution < 1.29 is 8.42 Å². The van der Waals surface area contributed by atoms with Gasteiger partial charge in [-0.15, -0.1) is 11.6 Å². The molecule has 1 aromatic heterocycles. The van der Waals surface area contributed by atoms with Gasteiger partial charge in [-0.05, 0) is 6.92 Å². The molecule has 0 aliphatic heterocycles. The van der Waals surface area contributed by atoms with Gasteiger partial charge in [-0.1, -0.05) is 0 Å². The molecule has 6 heteroatoms. The van der Waals surface area contributed by atoms with Crippen molar-refractivity contribution in [1.29, 1.82) is 0 Å². The average molecular weight is 223 g/mol. The number of aromatic amines is 1. The van der Waals surface area contributed by atoms with Crippen LogP contribution in [0.1, 0.15) is 23.7 Å². The molecule has 1 atom stereocenters. The summed E-state index contributed by atoms with van der Waals surface area (Å²) in [5, 5.41) is -0.607. The van der Waals surface area contributed by atoms with Gasteiger partial charge in [0.05, 0.1) is 5.88 Å². The van der Waals surface area contributed by atoms with Gasteiger partial charge in [0.2, 0.25) is 0 Å². The van der Waals surface area contributed by atoms with E-state index in [1.807, 2.05) is 0 Å². The highest BCUT2D eigenvalue weighted by Crippen LogP contribution is 2.17. The van der Waals surface area contributed by atoms with E-state index >= 15 is 0 Å². The molecule has 0 aliphatic carbocycles. The molecule has 1 N–H and O–H groups in total. The summed E-state index contributed by atoms with van der Waals surface area (Å²) in [6.45, 7) is 1.59. The molecule has 0 bridgehead atoms. The van der Waals surface area contributed by atoms with Crippen LogP contribution in [-0.2, 0) is 15.7 Å². The highest BCUT2D eigenvalue weighted by atomic mass is 35.5. The molecule has 0 aromatic carbocycles. The van der Waals surface area contributed by atoms with Gasteiger partial charge >= 0.3 is 0 Å². The van der Waals surface area contributed by atoms with Crippen LogP contribution in [0, 0.1) is 0 Å². The van der Waals surface area contributed by atoms with Crippen molar-refractivity contribution in [2.45, 2.75) is 18.1 Å². The van der Waals surface area contributed by atoms with E-state index in [0.717, 1.165) is 5.69 Å². The van der Waals surface area contributed by atoms with E-state index in [-0.39, 0.29) is 0 Å². The average Bonchev–Trinajstić information content (AvgIpc) is 2.48. The zero-order chi connectivity index (χ0) is 10.1. The van der Waals surface area contributed by atoms with Crippen molar-refractivity contribution in [3.8, 4) is 0 Å². The van der Waals surface area contributed by atoms with Crippen LogP contribution in [-0.4, -0.2) is 24.6 Å². The van der Waals surface area contributed by atoms with Crippen molar-refractivity contribution >= 4 is 21.4 Å². The van der Waals surface area contributed by atoms with Gasteiger partial charge in [-0.3, -0.25) is 0 Å². The number of aromatic nitrogens is 2. The maximum Gasteiger partial charge on any atom is 0.157 e. The largest absolute Gasteiger partial charge is 0.344 e. The summed E-state index contributed by atoms with van der Waals surface area (Å²) in [7, 11) is -3.09. The van der Waals surface area contributed by atoms with Crippen LogP contribution in [0.15, 0.2) is 6.20 Å². The summed E-state index contributed by atoms with van der Waals surface area (Å²) < 4.78 is 22.3. The zero-order valence-electron chi connectivity index (χ0n) is 7.41. The van der Waals surface area contributed by atoms with Gasteiger partial charge < -0.3 is 4.98 Å². The third-order valence-corrected chi connectivity index (χ3v) is 3.62. The van der Waals surface area contributed by atoms with E-state index in [1.165, 1.54) is 6.26 Å². The van der Waals surface area contributed by atoms with E-state index in [0.29, 0.717) is 11.7 Å². The van der Waals surface area contributed by atoms with Crippen molar-refractivity contribution in [3.05, 3.63) is 17.7 Å². The SMILES string of the molecule is CC(c1ncc(CCl)[nH]1)S(C)(=O)=O. The second-order valence-corrected chi connectivity index (χ2v) is 5.53. The van der Waals surface area contributed by atoms with Crippen LogP contribution in [0.25, 0.3) is 0 Å². The van der Waals surface area contributed by atoms with Gasteiger partial charge in [-0.25, -0.2) is 13.4 Å². The first-order valence-corrected chi connectivity index (χ1v) is 6.22. The minimum atomic E-state index is -3.09. The Kier molecular flexibility index (Phi) is 2.98.